The number of rotatable bonds is 5. The lowest BCUT2D eigenvalue weighted by Gasteiger charge is -2.33. The first-order chi connectivity index (χ1) is 12.1. The predicted molar refractivity (Wildman–Crippen MR) is 106 cm³/mol. The van der Waals surface area contributed by atoms with E-state index < -0.39 is 0 Å². The second-order valence-electron chi connectivity index (χ2n) is 7.20. The van der Waals surface area contributed by atoms with Crippen molar-refractivity contribution < 1.29 is 0 Å². The maximum absolute atomic E-state index is 4.70. The minimum atomic E-state index is 0.667. The van der Waals surface area contributed by atoms with Crippen LogP contribution in [0.4, 0.5) is 0 Å². The number of hydrazine groups is 1. The summed E-state index contributed by atoms with van der Waals surface area (Å²) in [6.07, 6.45) is 8.10. The van der Waals surface area contributed by atoms with E-state index >= 15 is 0 Å². The van der Waals surface area contributed by atoms with E-state index in [1.165, 1.54) is 53.4 Å². The van der Waals surface area contributed by atoms with E-state index in [0.29, 0.717) is 6.04 Å². The molecule has 1 aromatic heterocycles. The van der Waals surface area contributed by atoms with Gasteiger partial charge in [0.25, 0.3) is 0 Å². The van der Waals surface area contributed by atoms with Crippen LogP contribution in [0, 0.1) is 0 Å². The van der Waals surface area contributed by atoms with Crippen LogP contribution < -0.4 is 5.43 Å². The molecular weight excluding hydrogens is 308 g/mol. The summed E-state index contributed by atoms with van der Waals surface area (Å²) in [7, 11) is 3.93. The van der Waals surface area contributed by atoms with Crippen molar-refractivity contribution in [3.8, 4) is 0 Å². The van der Waals surface area contributed by atoms with Gasteiger partial charge in [0.15, 0.2) is 0 Å². The molecule has 0 spiro atoms. The van der Waals surface area contributed by atoms with Crippen molar-refractivity contribution in [3.05, 3.63) is 47.9 Å². The molecule has 0 saturated carbocycles. The second kappa shape index (κ2) is 7.98. The van der Waals surface area contributed by atoms with Crippen LogP contribution in [0.1, 0.15) is 44.4 Å². The van der Waals surface area contributed by atoms with Crippen molar-refractivity contribution in [2.24, 2.45) is 0 Å². The van der Waals surface area contributed by atoms with Gasteiger partial charge in [0, 0.05) is 44.5 Å². The van der Waals surface area contributed by atoms with E-state index in [1.807, 2.05) is 25.3 Å². The van der Waals surface area contributed by atoms with Gasteiger partial charge in [0.05, 0.1) is 5.69 Å². The zero-order valence-electron chi connectivity index (χ0n) is 15.9. The van der Waals surface area contributed by atoms with E-state index in [0.717, 1.165) is 6.54 Å². The minimum Gasteiger partial charge on any atom is -0.319 e. The fourth-order valence-corrected chi connectivity index (χ4v) is 3.55. The molecule has 1 saturated heterocycles. The molecule has 0 aliphatic carbocycles. The van der Waals surface area contributed by atoms with E-state index in [-0.39, 0.29) is 0 Å². The maximum Gasteiger partial charge on any atom is 0.0550 e. The third-order valence-electron chi connectivity index (χ3n) is 5.28. The molecule has 4 nitrogen and oxygen atoms in total. The van der Waals surface area contributed by atoms with Gasteiger partial charge in [-0.3, -0.25) is 9.88 Å². The zero-order chi connectivity index (χ0) is 17.8. The molecule has 0 bridgehead atoms. The number of nitrogens with zero attached hydrogens (tertiary/aromatic N) is 3. The summed E-state index contributed by atoms with van der Waals surface area (Å²) in [6, 6.07) is 9.54. The number of pyridine rings is 1. The van der Waals surface area contributed by atoms with Crippen LogP contribution in [-0.4, -0.2) is 41.6 Å². The lowest BCUT2D eigenvalue weighted by Crippen LogP contribution is -2.36. The number of allylic oxidation sites excluding steroid dienone is 1. The van der Waals surface area contributed by atoms with Crippen LogP contribution >= 0.6 is 0 Å². The van der Waals surface area contributed by atoms with Gasteiger partial charge in [0.2, 0.25) is 0 Å². The largest absolute Gasteiger partial charge is 0.319 e. The molecule has 2 heterocycles. The predicted octanol–water partition coefficient (Wildman–Crippen LogP) is 4.04. The minimum absolute atomic E-state index is 0.667. The molecule has 2 aromatic rings. The second-order valence-corrected chi connectivity index (χ2v) is 7.20. The fourth-order valence-electron chi connectivity index (χ4n) is 3.55. The Morgan fingerprint density at radius 2 is 2.16 bits per heavy atom. The van der Waals surface area contributed by atoms with Crippen molar-refractivity contribution >= 4 is 16.3 Å². The van der Waals surface area contributed by atoms with E-state index in [1.54, 1.807) is 0 Å². The van der Waals surface area contributed by atoms with Gasteiger partial charge in [-0.25, -0.2) is 5.43 Å². The quantitative estimate of drug-likeness (QED) is 0.834. The van der Waals surface area contributed by atoms with Crippen molar-refractivity contribution in [1.82, 2.24) is 20.3 Å². The maximum atomic E-state index is 4.70. The monoisotopic (exact) mass is 338 g/mol. The molecule has 3 rings (SSSR count). The molecule has 4 heteroatoms. The van der Waals surface area contributed by atoms with Crippen LogP contribution in [-0.2, 0) is 6.54 Å². The highest BCUT2D eigenvalue weighted by atomic mass is 15.5. The molecule has 1 atom stereocenters. The van der Waals surface area contributed by atoms with Crippen LogP contribution in [0.2, 0.25) is 0 Å². The normalized spacial score (nSPS) is 19.4. The van der Waals surface area contributed by atoms with E-state index in [2.05, 4.69) is 54.6 Å². The first kappa shape index (κ1) is 17.9. The molecule has 1 aliphatic heterocycles. The smallest absolute Gasteiger partial charge is 0.0550 e. The van der Waals surface area contributed by atoms with Crippen molar-refractivity contribution in [2.75, 3.05) is 20.6 Å². The summed E-state index contributed by atoms with van der Waals surface area (Å²) in [5, 5.41) is 4.44. The number of hydrogen-bond acceptors (Lipinski definition) is 4. The summed E-state index contributed by atoms with van der Waals surface area (Å²) >= 11 is 0. The number of likely N-dealkylation sites (tertiary alicyclic amines) is 1. The Hall–Kier alpha value is -1.91. The topological polar surface area (TPSA) is 31.4 Å². The molecular formula is C21H30N4. The average molecular weight is 338 g/mol. The van der Waals surface area contributed by atoms with Gasteiger partial charge in [0.1, 0.15) is 0 Å². The van der Waals surface area contributed by atoms with E-state index in [4.69, 9.17) is 4.98 Å². The average Bonchev–Trinajstić information content (AvgIpc) is 2.63. The molecule has 25 heavy (non-hydrogen) atoms. The van der Waals surface area contributed by atoms with Crippen LogP contribution in [0.25, 0.3) is 16.3 Å². The molecule has 134 valence electrons. The molecule has 1 N–H and O–H groups in total. The summed E-state index contributed by atoms with van der Waals surface area (Å²) in [6.45, 7) is 6.63. The Morgan fingerprint density at radius 3 is 2.92 bits per heavy atom. The molecule has 0 amide bonds. The number of piperidine rings is 1. The third kappa shape index (κ3) is 4.39. The van der Waals surface area contributed by atoms with Crippen LogP contribution in [0.5, 0.6) is 0 Å². The van der Waals surface area contributed by atoms with Gasteiger partial charge in [-0.1, -0.05) is 18.6 Å². The van der Waals surface area contributed by atoms with Crippen molar-refractivity contribution in [3.63, 3.8) is 0 Å². The molecule has 0 radical (unpaired) electrons. The Morgan fingerprint density at radius 1 is 1.32 bits per heavy atom. The zero-order valence-corrected chi connectivity index (χ0v) is 15.9. The van der Waals surface area contributed by atoms with Gasteiger partial charge in [-0.15, -0.1) is 0 Å². The first-order valence-electron chi connectivity index (χ1n) is 9.28. The SMILES string of the molecule is CNN(C)/C=C(\C)c1ccc2cnc(CN3CCCC[C@H]3C)cc2c1. The number of aromatic nitrogens is 1. The molecule has 1 aliphatic rings. The highest BCUT2D eigenvalue weighted by Gasteiger charge is 2.18. The Bertz CT molecular complexity index is 753. The van der Waals surface area contributed by atoms with Crippen molar-refractivity contribution in [1.29, 1.82) is 0 Å². The number of fused-ring (bicyclic) bond motifs is 1. The lowest BCUT2D eigenvalue weighted by molar-refractivity contribution is 0.151. The summed E-state index contributed by atoms with van der Waals surface area (Å²) < 4.78 is 0. The fraction of sp³-hybridized carbons (Fsp3) is 0.476. The summed E-state index contributed by atoms with van der Waals surface area (Å²) in [5.74, 6) is 0. The van der Waals surface area contributed by atoms with Crippen LogP contribution in [0.3, 0.4) is 0 Å². The highest BCUT2D eigenvalue weighted by molar-refractivity contribution is 5.85. The first-order valence-corrected chi connectivity index (χ1v) is 9.28. The third-order valence-corrected chi connectivity index (χ3v) is 5.28. The molecule has 1 aromatic carbocycles. The van der Waals surface area contributed by atoms with Gasteiger partial charge in [-0.2, -0.15) is 0 Å². The standard InChI is InChI=1S/C21H30N4/c1-16(14-24(4)22-3)18-8-9-19-13-23-21(12-20(19)11-18)15-25-10-6-5-7-17(25)2/h8-9,11-14,17,22H,5-7,10,15H2,1-4H3/b16-14+/t17-/m1/s1. The Balaban J connectivity index is 1.84. The van der Waals surface area contributed by atoms with Crippen molar-refractivity contribution in [2.45, 2.75) is 45.7 Å². The Labute approximate surface area is 151 Å². The van der Waals surface area contributed by atoms with Gasteiger partial charge in [-0.05, 0) is 61.9 Å². The highest BCUT2D eigenvalue weighted by Crippen LogP contribution is 2.23. The van der Waals surface area contributed by atoms with Gasteiger partial charge < -0.3 is 5.01 Å². The number of hydrogen-bond donors (Lipinski definition) is 1. The van der Waals surface area contributed by atoms with Crippen LogP contribution in [0.15, 0.2) is 36.7 Å². The number of nitrogens with one attached hydrogen (secondary N) is 1. The van der Waals surface area contributed by atoms with Gasteiger partial charge >= 0.3 is 0 Å². The lowest BCUT2D eigenvalue weighted by atomic mass is 10.0. The number of benzene rings is 1. The summed E-state index contributed by atoms with van der Waals surface area (Å²) in [5.41, 5.74) is 6.76. The molecule has 1 fully saturated rings. The Kier molecular flexibility index (Phi) is 5.71. The molecule has 0 unspecified atom stereocenters. The van der Waals surface area contributed by atoms with E-state index in [9.17, 15) is 0 Å². The summed E-state index contributed by atoms with van der Waals surface area (Å²) in [4.78, 5) is 7.26.